The quantitative estimate of drug-likeness (QED) is 0.855. The molecule has 2 N–H and O–H groups in total. The molecule has 3 heteroatoms. The molecule has 0 bridgehead atoms. The second-order valence-electron chi connectivity index (χ2n) is 4.03. The van der Waals surface area contributed by atoms with Crippen molar-refractivity contribution < 1.29 is 4.79 Å². The van der Waals surface area contributed by atoms with Crippen molar-refractivity contribution in [2.45, 2.75) is 13.8 Å². The molecular weight excluding hydrogens is 212 g/mol. The Morgan fingerprint density at radius 3 is 2.24 bits per heavy atom. The Balaban J connectivity index is 2.43. The lowest BCUT2D eigenvalue weighted by atomic mass is 10.0. The van der Waals surface area contributed by atoms with Gasteiger partial charge >= 0.3 is 0 Å². The van der Waals surface area contributed by atoms with Gasteiger partial charge in [0.05, 0.1) is 0 Å². The van der Waals surface area contributed by atoms with E-state index in [0.717, 1.165) is 22.5 Å². The zero-order valence-electron chi connectivity index (χ0n) is 9.90. The fourth-order valence-corrected chi connectivity index (χ4v) is 1.81. The van der Waals surface area contributed by atoms with Gasteiger partial charge in [0.15, 0.2) is 0 Å². The molecule has 0 fully saturated rings. The Labute approximate surface area is 100 Å². The standard InChI is InChI=1S/C14H14N2O/c1-9-3-8-13(10(2)16-9)11-4-6-12(7-5-11)14(15)17/h3-8H,1-2H3,(H2,15,17). The van der Waals surface area contributed by atoms with Gasteiger partial charge in [0, 0.05) is 22.5 Å². The molecule has 0 unspecified atom stereocenters. The third-order valence-corrected chi connectivity index (χ3v) is 2.71. The van der Waals surface area contributed by atoms with E-state index < -0.39 is 5.91 Å². The molecule has 0 saturated carbocycles. The van der Waals surface area contributed by atoms with Crippen LogP contribution in [0, 0.1) is 13.8 Å². The monoisotopic (exact) mass is 226 g/mol. The largest absolute Gasteiger partial charge is 0.366 e. The molecule has 17 heavy (non-hydrogen) atoms. The predicted octanol–water partition coefficient (Wildman–Crippen LogP) is 2.46. The molecule has 1 aromatic carbocycles. The number of carbonyl (C=O) groups excluding carboxylic acids is 1. The summed E-state index contributed by atoms with van der Waals surface area (Å²) in [4.78, 5) is 15.4. The second-order valence-corrected chi connectivity index (χ2v) is 4.03. The molecule has 1 amide bonds. The van der Waals surface area contributed by atoms with Crippen LogP contribution in [0.25, 0.3) is 11.1 Å². The van der Waals surface area contributed by atoms with Crippen molar-refractivity contribution in [1.29, 1.82) is 0 Å². The average Bonchev–Trinajstić information content (AvgIpc) is 2.29. The summed E-state index contributed by atoms with van der Waals surface area (Å²) in [6.07, 6.45) is 0. The third kappa shape index (κ3) is 2.33. The minimum absolute atomic E-state index is 0.407. The van der Waals surface area contributed by atoms with Gasteiger partial charge in [0.2, 0.25) is 5.91 Å². The number of hydrogen-bond acceptors (Lipinski definition) is 2. The molecule has 1 heterocycles. The maximum Gasteiger partial charge on any atom is 0.248 e. The van der Waals surface area contributed by atoms with Crippen molar-refractivity contribution in [2.24, 2.45) is 5.73 Å². The molecule has 0 aliphatic carbocycles. The van der Waals surface area contributed by atoms with Crippen LogP contribution in [0.5, 0.6) is 0 Å². The summed E-state index contributed by atoms with van der Waals surface area (Å²) in [6.45, 7) is 3.94. The number of rotatable bonds is 2. The number of amides is 1. The van der Waals surface area contributed by atoms with Crippen LogP contribution in [0.4, 0.5) is 0 Å². The number of benzene rings is 1. The van der Waals surface area contributed by atoms with Gasteiger partial charge in [-0.25, -0.2) is 0 Å². The van der Waals surface area contributed by atoms with Crippen molar-refractivity contribution in [2.75, 3.05) is 0 Å². The lowest BCUT2D eigenvalue weighted by molar-refractivity contribution is 0.100. The van der Waals surface area contributed by atoms with Gasteiger partial charge in [0.1, 0.15) is 0 Å². The van der Waals surface area contributed by atoms with E-state index in [9.17, 15) is 4.79 Å². The summed E-state index contributed by atoms with van der Waals surface area (Å²) >= 11 is 0. The Kier molecular flexibility index (Phi) is 2.91. The number of carbonyl (C=O) groups is 1. The van der Waals surface area contributed by atoms with E-state index in [-0.39, 0.29) is 0 Å². The fraction of sp³-hybridized carbons (Fsp3) is 0.143. The lowest BCUT2D eigenvalue weighted by Gasteiger charge is -2.06. The molecule has 0 atom stereocenters. The summed E-state index contributed by atoms with van der Waals surface area (Å²) in [5.74, 6) is -0.407. The van der Waals surface area contributed by atoms with Crippen molar-refractivity contribution in [1.82, 2.24) is 4.98 Å². The van der Waals surface area contributed by atoms with Crippen LogP contribution in [0.15, 0.2) is 36.4 Å². The molecule has 0 aliphatic heterocycles. The van der Waals surface area contributed by atoms with Crippen LogP contribution >= 0.6 is 0 Å². The number of pyridine rings is 1. The van der Waals surface area contributed by atoms with Gasteiger partial charge in [-0.1, -0.05) is 18.2 Å². The number of nitrogens with two attached hydrogens (primary N) is 1. The van der Waals surface area contributed by atoms with Gasteiger partial charge in [-0.05, 0) is 37.6 Å². The van der Waals surface area contributed by atoms with Crippen molar-refractivity contribution in [3.05, 3.63) is 53.3 Å². The van der Waals surface area contributed by atoms with E-state index in [1.165, 1.54) is 0 Å². The number of aryl methyl sites for hydroxylation is 2. The van der Waals surface area contributed by atoms with Crippen molar-refractivity contribution in [3.63, 3.8) is 0 Å². The normalized spacial score (nSPS) is 10.2. The van der Waals surface area contributed by atoms with Gasteiger partial charge in [-0.3, -0.25) is 9.78 Å². The molecule has 1 aromatic heterocycles. The maximum atomic E-state index is 11.0. The minimum atomic E-state index is -0.407. The Morgan fingerprint density at radius 2 is 1.71 bits per heavy atom. The minimum Gasteiger partial charge on any atom is -0.366 e. The molecule has 3 nitrogen and oxygen atoms in total. The first kappa shape index (κ1) is 11.3. The first-order valence-electron chi connectivity index (χ1n) is 5.42. The summed E-state index contributed by atoms with van der Waals surface area (Å²) in [5, 5.41) is 0. The summed E-state index contributed by atoms with van der Waals surface area (Å²) < 4.78 is 0. The van der Waals surface area contributed by atoms with E-state index >= 15 is 0 Å². The highest BCUT2D eigenvalue weighted by Gasteiger charge is 2.04. The number of aromatic nitrogens is 1. The predicted molar refractivity (Wildman–Crippen MR) is 67.7 cm³/mol. The third-order valence-electron chi connectivity index (χ3n) is 2.71. The molecule has 0 radical (unpaired) electrons. The summed E-state index contributed by atoms with van der Waals surface area (Å²) in [5.41, 5.74) is 9.82. The van der Waals surface area contributed by atoms with E-state index in [4.69, 9.17) is 5.73 Å². The smallest absolute Gasteiger partial charge is 0.248 e. The fourth-order valence-electron chi connectivity index (χ4n) is 1.81. The summed E-state index contributed by atoms with van der Waals surface area (Å²) in [6, 6.07) is 11.3. The van der Waals surface area contributed by atoms with Gasteiger partial charge in [0.25, 0.3) is 0 Å². The molecule has 2 aromatic rings. The highest BCUT2D eigenvalue weighted by molar-refractivity contribution is 5.93. The highest BCUT2D eigenvalue weighted by atomic mass is 16.1. The Morgan fingerprint density at radius 1 is 1.06 bits per heavy atom. The van der Waals surface area contributed by atoms with Crippen LogP contribution in [-0.2, 0) is 0 Å². The maximum absolute atomic E-state index is 11.0. The topological polar surface area (TPSA) is 56.0 Å². The van der Waals surface area contributed by atoms with E-state index in [1.807, 2.05) is 38.1 Å². The van der Waals surface area contributed by atoms with E-state index in [2.05, 4.69) is 4.98 Å². The highest BCUT2D eigenvalue weighted by Crippen LogP contribution is 2.22. The zero-order valence-corrected chi connectivity index (χ0v) is 9.90. The Bertz CT molecular complexity index is 559. The van der Waals surface area contributed by atoms with Crippen molar-refractivity contribution >= 4 is 5.91 Å². The molecular formula is C14H14N2O. The van der Waals surface area contributed by atoms with Crippen LogP contribution < -0.4 is 5.73 Å². The number of primary amides is 1. The first-order chi connectivity index (χ1) is 8.08. The second kappa shape index (κ2) is 4.37. The lowest BCUT2D eigenvalue weighted by Crippen LogP contribution is -2.10. The molecule has 0 saturated heterocycles. The van der Waals surface area contributed by atoms with Crippen LogP contribution in [0.3, 0.4) is 0 Å². The van der Waals surface area contributed by atoms with Crippen LogP contribution in [0.1, 0.15) is 21.7 Å². The van der Waals surface area contributed by atoms with Gasteiger partial charge < -0.3 is 5.73 Å². The van der Waals surface area contributed by atoms with Crippen LogP contribution in [-0.4, -0.2) is 10.9 Å². The number of nitrogens with zero attached hydrogens (tertiary/aromatic N) is 1. The molecule has 86 valence electrons. The Hall–Kier alpha value is -2.16. The van der Waals surface area contributed by atoms with E-state index in [0.29, 0.717) is 5.56 Å². The van der Waals surface area contributed by atoms with E-state index in [1.54, 1.807) is 12.1 Å². The average molecular weight is 226 g/mol. The van der Waals surface area contributed by atoms with Gasteiger partial charge in [-0.15, -0.1) is 0 Å². The molecule has 2 rings (SSSR count). The van der Waals surface area contributed by atoms with Crippen molar-refractivity contribution in [3.8, 4) is 11.1 Å². The van der Waals surface area contributed by atoms with Gasteiger partial charge in [-0.2, -0.15) is 0 Å². The summed E-state index contributed by atoms with van der Waals surface area (Å²) in [7, 11) is 0. The first-order valence-corrected chi connectivity index (χ1v) is 5.42. The number of hydrogen-bond donors (Lipinski definition) is 1. The van der Waals surface area contributed by atoms with Crippen LogP contribution in [0.2, 0.25) is 0 Å². The SMILES string of the molecule is Cc1ccc(-c2ccc(C(N)=O)cc2)c(C)n1. The zero-order chi connectivity index (χ0) is 12.4. The molecule has 0 aliphatic rings. The molecule has 0 spiro atoms.